The van der Waals surface area contributed by atoms with Gasteiger partial charge in [0.1, 0.15) is 0 Å². The minimum absolute atomic E-state index is 0.398. The molecule has 0 atom stereocenters. The van der Waals surface area contributed by atoms with Crippen molar-refractivity contribution in [1.82, 2.24) is 9.03 Å². The van der Waals surface area contributed by atoms with Gasteiger partial charge in [-0.25, -0.2) is 9.52 Å². The lowest BCUT2D eigenvalue weighted by Gasteiger charge is -2.19. The van der Waals surface area contributed by atoms with Crippen LogP contribution in [0, 0.1) is 0 Å². The Labute approximate surface area is 150 Å². The monoisotopic (exact) mass is 365 g/mol. The molecule has 2 aliphatic carbocycles. The number of hydrogen-bond acceptors (Lipinski definition) is 3. The molecule has 0 heterocycles. The molecule has 0 fully saturated rings. The summed E-state index contributed by atoms with van der Waals surface area (Å²) in [6.07, 6.45) is 7.81. The van der Waals surface area contributed by atoms with Crippen molar-refractivity contribution in [2.45, 2.75) is 58.3 Å². The molecule has 0 unspecified atom stereocenters. The lowest BCUT2D eigenvalue weighted by Crippen LogP contribution is -2.43. The quantitative estimate of drug-likeness (QED) is 0.814. The number of benzene rings is 1. The first kappa shape index (κ1) is 18.2. The van der Waals surface area contributed by atoms with Crippen molar-refractivity contribution in [1.29, 1.82) is 0 Å². The number of rotatable bonds is 6. The summed E-state index contributed by atoms with van der Waals surface area (Å²) < 4.78 is 27.9. The average Bonchev–Trinajstić information content (AvgIpc) is 3.20. The molecular formula is C18H27N3O3S. The molecule has 2 aliphatic rings. The highest BCUT2D eigenvalue weighted by molar-refractivity contribution is 7.87. The Morgan fingerprint density at radius 2 is 1.72 bits per heavy atom. The van der Waals surface area contributed by atoms with E-state index >= 15 is 0 Å². The number of unbranched alkanes of at least 4 members (excludes halogenated alkanes) is 1. The minimum Gasteiger partial charge on any atom is -0.307 e. The lowest BCUT2D eigenvalue weighted by atomic mass is 9.99. The molecule has 0 aromatic heterocycles. The van der Waals surface area contributed by atoms with Crippen LogP contribution in [0.2, 0.25) is 0 Å². The van der Waals surface area contributed by atoms with Crippen LogP contribution in [0.1, 0.15) is 54.9 Å². The molecule has 0 saturated carbocycles. The van der Waals surface area contributed by atoms with E-state index < -0.39 is 16.2 Å². The second-order valence-electron chi connectivity index (χ2n) is 6.97. The highest BCUT2D eigenvalue weighted by Crippen LogP contribution is 2.38. The van der Waals surface area contributed by atoms with Crippen molar-refractivity contribution in [2.24, 2.45) is 0 Å². The summed E-state index contributed by atoms with van der Waals surface area (Å²) in [7, 11) is -2.32. The SMILES string of the molecule is CCCCN(C)S(=O)(=O)NC(=O)Nc1c2c(cc3c1CCC3)CCC2. The third-order valence-corrected chi connectivity index (χ3v) is 6.62. The highest BCUT2D eigenvalue weighted by Gasteiger charge is 2.26. The molecule has 6 nitrogen and oxygen atoms in total. The summed E-state index contributed by atoms with van der Waals surface area (Å²) in [6, 6.07) is 1.61. The Hall–Kier alpha value is -1.60. The fourth-order valence-corrected chi connectivity index (χ4v) is 4.61. The van der Waals surface area contributed by atoms with Gasteiger partial charge in [0.15, 0.2) is 0 Å². The van der Waals surface area contributed by atoms with Gasteiger partial charge in [0.05, 0.1) is 0 Å². The topological polar surface area (TPSA) is 78.5 Å². The average molecular weight is 365 g/mol. The van der Waals surface area contributed by atoms with Gasteiger partial charge in [0.25, 0.3) is 0 Å². The number of carbonyl (C=O) groups excluding carboxylic acids is 1. The largest absolute Gasteiger partial charge is 0.333 e. The minimum atomic E-state index is -3.81. The van der Waals surface area contributed by atoms with E-state index in [1.807, 2.05) is 6.92 Å². The zero-order chi connectivity index (χ0) is 18.0. The Morgan fingerprint density at radius 1 is 1.12 bits per heavy atom. The van der Waals surface area contributed by atoms with Crippen molar-refractivity contribution < 1.29 is 13.2 Å². The number of carbonyl (C=O) groups is 1. The summed E-state index contributed by atoms with van der Waals surface area (Å²) in [5.41, 5.74) is 5.84. The Kier molecular flexibility index (Phi) is 5.34. The number of urea groups is 1. The van der Waals surface area contributed by atoms with E-state index in [1.54, 1.807) is 0 Å². The van der Waals surface area contributed by atoms with Gasteiger partial charge < -0.3 is 5.32 Å². The molecule has 2 N–H and O–H groups in total. The van der Waals surface area contributed by atoms with E-state index in [-0.39, 0.29) is 0 Å². The Balaban J connectivity index is 1.76. The van der Waals surface area contributed by atoms with Gasteiger partial charge in [-0.15, -0.1) is 0 Å². The van der Waals surface area contributed by atoms with Crippen LogP contribution in [-0.4, -0.2) is 32.3 Å². The molecule has 0 spiro atoms. The molecule has 0 radical (unpaired) electrons. The molecule has 25 heavy (non-hydrogen) atoms. The second kappa shape index (κ2) is 7.33. The predicted molar refractivity (Wildman–Crippen MR) is 99.1 cm³/mol. The van der Waals surface area contributed by atoms with Crippen molar-refractivity contribution in [2.75, 3.05) is 18.9 Å². The van der Waals surface area contributed by atoms with E-state index in [0.29, 0.717) is 6.54 Å². The van der Waals surface area contributed by atoms with Gasteiger partial charge in [-0.05, 0) is 67.2 Å². The summed E-state index contributed by atoms with van der Waals surface area (Å²) >= 11 is 0. The maximum Gasteiger partial charge on any atom is 0.333 e. The van der Waals surface area contributed by atoms with Crippen LogP contribution in [0.15, 0.2) is 6.07 Å². The number of nitrogens with one attached hydrogen (secondary N) is 2. The fraction of sp³-hybridized carbons (Fsp3) is 0.611. The summed E-state index contributed by atoms with van der Waals surface area (Å²) in [5, 5.41) is 2.85. The van der Waals surface area contributed by atoms with Gasteiger partial charge in [-0.3, -0.25) is 0 Å². The van der Waals surface area contributed by atoms with Crippen LogP contribution in [0.4, 0.5) is 10.5 Å². The third-order valence-electron chi connectivity index (χ3n) is 5.17. The highest BCUT2D eigenvalue weighted by atomic mass is 32.2. The summed E-state index contributed by atoms with van der Waals surface area (Å²) in [4.78, 5) is 12.4. The third kappa shape index (κ3) is 3.82. The molecular weight excluding hydrogens is 338 g/mol. The van der Waals surface area contributed by atoms with Crippen LogP contribution in [0.25, 0.3) is 0 Å². The lowest BCUT2D eigenvalue weighted by molar-refractivity contribution is 0.256. The number of aryl methyl sites for hydroxylation is 2. The van der Waals surface area contributed by atoms with E-state index in [9.17, 15) is 13.2 Å². The maximum atomic E-state index is 12.4. The van der Waals surface area contributed by atoms with Crippen molar-refractivity contribution in [3.8, 4) is 0 Å². The first-order valence-electron chi connectivity index (χ1n) is 9.14. The molecule has 7 heteroatoms. The number of amides is 2. The van der Waals surface area contributed by atoms with Gasteiger partial charge in [0, 0.05) is 19.3 Å². The zero-order valence-corrected chi connectivity index (χ0v) is 15.8. The van der Waals surface area contributed by atoms with Gasteiger partial charge in [-0.1, -0.05) is 19.4 Å². The van der Waals surface area contributed by atoms with E-state index in [4.69, 9.17) is 0 Å². The first-order chi connectivity index (χ1) is 11.9. The van der Waals surface area contributed by atoms with Crippen LogP contribution < -0.4 is 10.0 Å². The van der Waals surface area contributed by atoms with Crippen molar-refractivity contribution in [3.05, 3.63) is 28.3 Å². The summed E-state index contributed by atoms with van der Waals surface area (Å²) in [6.45, 7) is 2.40. The van der Waals surface area contributed by atoms with Gasteiger partial charge in [0.2, 0.25) is 0 Å². The van der Waals surface area contributed by atoms with E-state index in [1.165, 1.54) is 33.6 Å². The first-order valence-corrected chi connectivity index (χ1v) is 10.6. The fourth-order valence-electron chi connectivity index (χ4n) is 3.80. The van der Waals surface area contributed by atoms with Crippen LogP contribution in [0.5, 0.6) is 0 Å². The molecule has 2 amide bonds. The zero-order valence-electron chi connectivity index (χ0n) is 15.0. The maximum absolute atomic E-state index is 12.4. The van der Waals surface area contributed by atoms with Crippen LogP contribution >= 0.6 is 0 Å². The molecule has 1 aromatic rings. The smallest absolute Gasteiger partial charge is 0.307 e. The van der Waals surface area contributed by atoms with E-state index in [2.05, 4.69) is 16.1 Å². The second-order valence-corrected chi connectivity index (χ2v) is 8.75. The number of fused-ring (bicyclic) bond motifs is 2. The standard InChI is InChI=1S/C18H27N3O3S/c1-3-4-11-21(2)25(23,24)20-18(22)19-17-15-9-5-7-13(15)12-14-8-6-10-16(14)17/h12H,3-11H2,1-2H3,(H2,19,20,22). The Bertz CT molecular complexity index is 742. The van der Waals surface area contributed by atoms with Gasteiger partial charge in [-0.2, -0.15) is 12.7 Å². The van der Waals surface area contributed by atoms with Gasteiger partial charge >= 0.3 is 16.2 Å². The molecule has 0 saturated heterocycles. The normalized spacial score (nSPS) is 16.0. The molecule has 0 aliphatic heterocycles. The molecule has 1 aromatic carbocycles. The van der Waals surface area contributed by atoms with Crippen molar-refractivity contribution in [3.63, 3.8) is 0 Å². The van der Waals surface area contributed by atoms with E-state index in [0.717, 1.165) is 57.1 Å². The molecule has 138 valence electrons. The van der Waals surface area contributed by atoms with Crippen LogP contribution in [0.3, 0.4) is 0 Å². The van der Waals surface area contributed by atoms with Crippen LogP contribution in [-0.2, 0) is 35.9 Å². The summed E-state index contributed by atoms with van der Waals surface area (Å²) in [5.74, 6) is 0. The molecule has 3 rings (SSSR count). The predicted octanol–water partition coefficient (Wildman–Crippen LogP) is 2.76. The van der Waals surface area contributed by atoms with Crippen molar-refractivity contribution >= 4 is 21.9 Å². The number of nitrogens with zero attached hydrogens (tertiary/aromatic N) is 1. The number of hydrogen-bond donors (Lipinski definition) is 2. The molecule has 0 bridgehead atoms. The number of anilines is 1. The Morgan fingerprint density at radius 3 is 2.28 bits per heavy atom.